The Hall–Kier alpha value is -1.73. The molecular formula is C20H22N2O2S2. The van der Waals surface area contributed by atoms with Gasteiger partial charge >= 0.3 is 0 Å². The predicted molar refractivity (Wildman–Crippen MR) is 108 cm³/mol. The summed E-state index contributed by atoms with van der Waals surface area (Å²) in [5.74, 6) is 0.911. The molecule has 0 amide bonds. The lowest BCUT2D eigenvalue weighted by Crippen LogP contribution is -2.38. The highest BCUT2D eigenvalue weighted by molar-refractivity contribution is 7.21. The average Bonchev–Trinajstić information content (AvgIpc) is 3.33. The summed E-state index contributed by atoms with van der Waals surface area (Å²) in [6, 6.07) is 12.5. The van der Waals surface area contributed by atoms with E-state index < -0.39 is 0 Å². The summed E-state index contributed by atoms with van der Waals surface area (Å²) >= 11 is 3.49. The van der Waals surface area contributed by atoms with Gasteiger partial charge < -0.3 is 9.47 Å². The van der Waals surface area contributed by atoms with Crippen LogP contribution in [-0.2, 0) is 4.74 Å². The summed E-state index contributed by atoms with van der Waals surface area (Å²) in [5.41, 5.74) is 2.21. The van der Waals surface area contributed by atoms with Crippen molar-refractivity contribution in [3.63, 3.8) is 0 Å². The number of thiazole rings is 1. The standard InChI is InChI=1S/C20H22N2O2S2/c1-15-19(21-20(26-15)18-3-2-14-25-18)16-4-6-17(7-5-16)24-13-10-22-8-11-23-12-9-22/h2-7,14H,8-13H2,1H3. The van der Waals surface area contributed by atoms with Crippen LogP contribution >= 0.6 is 22.7 Å². The molecule has 0 atom stereocenters. The van der Waals surface area contributed by atoms with Crippen molar-refractivity contribution in [2.24, 2.45) is 0 Å². The number of hydrogen-bond acceptors (Lipinski definition) is 6. The number of morpholine rings is 1. The molecule has 0 radical (unpaired) electrons. The van der Waals surface area contributed by atoms with Crippen molar-refractivity contribution in [2.75, 3.05) is 39.5 Å². The fraction of sp³-hybridized carbons (Fsp3) is 0.350. The first-order valence-corrected chi connectivity index (χ1v) is 10.5. The molecule has 1 saturated heterocycles. The van der Waals surface area contributed by atoms with E-state index in [4.69, 9.17) is 14.5 Å². The van der Waals surface area contributed by atoms with Crippen LogP contribution in [0.3, 0.4) is 0 Å². The zero-order valence-corrected chi connectivity index (χ0v) is 16.4. The molecule has 0 aliphatic carbocycles. The van der Waals surface area contributed by atoms with E-state index >= 15 is 0 Å². The van der Waals surface area contributed by atoms with Crippen LogP contribution in [0.2, 0.25) is 0 Å². The van der Waals surface area contributed by atoms with Crippen molar-refractivity contribution in [1.82, 2.24) is 9.88 Å². The van der Waals surface area contributed by atoms with Crippen molar-refractivity contribution in [2.45, 2.75) is 6.92 Å². The molecule has 0 N–H and O–H groups in total. The lowest BCUT2D eigenvalue weighted by atomic mass is 10.1. The molecule has 26 heavy (non-hydrogen) atoms. The average molecular weight is 387 g/mol. The number of nitrogens with zero attached hydrogens (tertiary/aromatic N) is 2. The van der Waals surface area contributed by atoms with Crippen LogP contribution in [0.1, 0.15) is 4.88 Å². The van der Waals surface area contributed by atoms with Crippen molar-refractivity contribution < 1.29 is 9.47 Å². The summed E-state index contributed by atoms with van der Waals surface area (Å²) < 4.78 is 11.3. The van der Waals surface area contributed by atoms with E-state index in [1.165, 1.54) is 9.75 Å². The summed E-state index contributed by atoms with van der Waals surface area (Å²) in [4.78, 5) is 9.70. The third-order valence-corrected chi connectivity index (χ3v) is 6.45. The third kappa shape index (κ3) is 4.15. The van der Waals surface area contributed by atoms with Gasteiger partial charge in [0.15, 0.2) is 0 Å². The number of thiophene rings is 1. The Bertz CT molecular complexity index is 822. The van der Waals surface area contributed by atoms with E-state index in [0.717, 1.165) is 54.9 Å². The molecule has 1 aromatic carbocycles. The number of ether oxygens (including phenoxy) is 2. The van der Waals surface area contributed by atoms with Gasteiger partial charge in [-0.05, 0) is 42.6 Å². The maximum Gasteiger partial charge on any atom is 0.134 e. The Morgan fingerprint density at radius 3 is 2.69 bits per heavy atom. The van der Waals surface area contributed by atoms with E-state index in [0.29, 0.717) is 6.61 Å². The van der Waals surface area contributed by atoms with Crippen LogP contribution in [0.4, 0.5) is 0 Å². The second-order valence-electron chi connectivity index (χ2n) is 6.23. The maximum atomic E-state index is 5.90. The molecule has 3 heterocycles. The minimum Gasteiger partial charge on any atom is -0.492 e. The highest BCUT2D eigenvalue weighted by atomic mass is 32.1. The lowest BCUT2D eigenvalue weighted by Gasteiger charge is -2.26. The largest absolute Gasteiger partial charge is 0.492 e. The molecule has 6 heteroatoms. The van der Waals surface area contributed by atoms with E-state index in [-0.39, 0.29) is 0 Å². The molecule has 3 aromatic rings. The van der Waals surface area contributed by atoms with Crippen molar-refractivity contribution in [3.8, 4) is 26.9 Å². The highest BCUT2D eigenvalue weighted by Gasteiger charge is 2.13. The first-order valence-electron chi connectivity index (χ1n) is 8.84. The summed E-state index contributed by atoms with van der Waals surface area (Å²) in [6.45, 7) is 7.44. The topological polar surface area (TPSA) is 34.6 Å². The van der Waals surface area contributed by atoms with E-state index in [2.05, 4.69) is 41.5 Å². The molecular weight excluding hydrogens is 364 g/mol. The van der Waals surface area contributed by atoms with Crippen LogP contribution in [0.15, 0.2) is 41.8 Å². The Labute approximate surface area is 162 Å². The lowest BCUT2D eigenvalue weighted by molar-refractivity contribution is 0.0322. The van der Waals surface area contributed by atoms with Gasteiger partial charge in [0.2, 0.25) is 0 Å². The SMILES string of the molecule is Cc1sc(-c2cccs2)nc1-c1ccc(OCCN2CCOCC2)cc1. The molecule has 2 aromatic heterocycles. The summed E-state index contributed by atoms with van der Waals surface area (Å²) in [7, 11) is 0. The zero-order chi connectivity index (χ0) is 17.8. The Kier molecular flexibility index (Phi) is 5.65. The second-order valence-corrected chi connectivity index (χ2v) is 8.38. The summed E-state index contributed by atoms with van der Waals surface area (Å²) in [5, 5.41) is 3.19. The first kappa shape index (κ1) is 17.7. The normalized spacial score (nSPS) is 15.3. The van der Waals surface area contributed by atoms with Gasteiger partial charge in [-0.15, -0.1) is 22.7 Å². The third-order valence-electron chi connectivity index (χ3n) is 4.44. The highest BCUT2D eigenvalue weighted by Crippen LogP contribution is 2.35. The number of aromatic nitrogens is 1. The van der Waals surface area contributed by atoms with Gasteiger partial charge in [-0.25, -0.2) is 4.98 Å². The zero-order valence-electron chi connectivity index (χ0n) is 14.8. The van der Waals surface area contributed by atoms with Gasteiger partial charge in [0.25, 0.3) is 0 Å². The minimum absolute atomic E-state index is 0.706. The monoisotopic (exact) mass is 386 g/mol. The van der Waals surface area contributed by atoms with E-state index in [1.54, 1.807) is 22.7 Å². The Morgan fingerprint density at radius 2 is 1.96 bits per heavy atom. The van der Waals surface area contributed by atoms with Crippen LogP contribution in [0.5, 0.6) is 5.75 Å². The molecule has 0 unspecified atom stereocenters. The number of rotatable bonds is 6. The minimum atomic E-state index is 0.706. The molecule has 1 fully saturated rings. The van der Waals surface area contributed by atoms with E-state index in [9.17, 15) is 0 Å². The van der Waals surface area contributed by atoms with Gasteiger partial charge in [0.1, 0.15) is 17.4 Å². The number of aryl methyl sites for hydroxylation is 1. The molecule has 0 spiro atoms. The van der Waals surface area contributed by atoms with Crippen molar-refractivity contribution in [3.05, 3.63) is 46.7 Å². The van der Waals surface area contributed by atoms with Crippen molar-refractivity contribution >= 4 is 22.7 Å². The smallest absolute Gasteiger partial charge is 0.134 e. The van der Waals surface area contributed by atoms with Crippen LogP contribution in [0.25, 0.3) is 21.1 Å². The van der Waals surface area contributed by atoms with Gasteiger partial charge in [-0.1, -0.05) is 6.07 Å². The molecule has 0 saturated carbocycles. The molecule has 4 rings (SSSR count). The molecule has 4 nitrogen and oxygen atoms in total. The fourth-order valence-corrected chi connectivity index (χ4v) is 4.73. The van der Waals surface area contributed by atoms with Crippen LogP contribution < -0.4 is 4.74 Å². The fourth-order valence-electron chi connectivity index (χ4n) is 3.00. The van der Waals surface area contributed by atoms with Gasteiger partial charge in [0, 0.05) is 30.1 Å². The maximum absolute atomic E-state index is 5.90. The van der Waals surface area contributed by atoms with Crippen LogP contribution in [-0.4, -0.2) is 49.3 Å². The molecule has 0 bridgehead atoms. The van der Waals surface area contributed by atoms with Gasteiger partial charge in [0.05, 0.1) is 23.8 Å². The van der Waals surface area contributed by atoms with Gasteiger partial charge in [-0.2, -0.15) is 0 Å². The Morgan fingerprint density at radius 1 is 1.15 bits per heavy atom. The number of benzene rings is 1. The van der Waals surface area contributed by atoms with E-state index in [1.807, 2.05) is 12.1 Å². The van der Waals surface area contributed by atoms with Crippen molar-refractivity contribution in [1.29, 1.82) is 0 Å². The second kappa shape index (κ2) is 8.31. The summed E-state index contributed by atoms with van der Waals surface area (Å²) in [6.07, 6.45) is 0. The quantitative estimate of drug-likeness (QED) is 0.622. The molecule has 1 aliphatic rings. The van der Waals surface area contributed by atoms with Gasteiger partial charge in [-0.3, -0.25) is 4.90 Å². The Balaban J connectivity index is 1.38. The molecule has 1 aliphatic heterocycles. The molecule has 136 valence electrons. The predicted octanol–water partition coefficient (Wildman–Crippen LogP) is 4.56. The first-order chi connectivity index (χ1) is 12.8. The number of hydrogen-bond donors (Lipinski definition) is 0. The van der Waals surface area contributed by atoms with Crippen LogP contribution in [0, 0.1) is 6.92 Å².